The van der Waals surface area contributed by atoms with Gasteiger partial charge in [0.2, 0.25) is 0 Å². The molecule has 0 heterocycles. The van der Waals surface area contributed by atoms with Gasteiger partial charge in [0.25, 0.3) is 0 Å². The average molecular weight is 206 g/mol. The van der Waals surface area contributed by atoms with Crippen LogP contribution < -0.4 is 34.7 Å². The van der Waals surface area contributed by atoms with Crippen LogP contribution in [0.25, 0.3) is 0 Å². The quantitative estimate of drug-likeness (QED) is 0.352. The predicted octanol–water partition coefficient (Wildman–Crippen LogP) is -3.22. The molecule has 1 aliphatic rings. The molecule has 0 saturated heterocycles. The molecule has 1 unspecified atom stereocenters. The molecule has 0 aromatic rings. The number of hydrogen-bond acceptors (Lipinski definition) is 4. The summed E-state index contributed by atoms with van der Waals surface area (Å²) in [4.78, 5) is 22.1. The first-order valence-electron chi connectivity index (χ1n) is 4.20. The van der Waals surface area contributed by atoms with Gasteiger partial charge in [0.1, 0.15) is 0 Å². The standard InChI is InChI=1S/C9H12O4.Na/c1-2-13-9(12)6-3-7(10)5-8(11)4-6;/h5-6,10H,2-4H2,1H3;/q;+1/p-1. The number of carbonyl (C=O) groups is 2. The van der Waals surface area contributed by atoms with Crippen molar-refractivity contribution in [2.75, 3.05) is 6.61 Å². The smallest absolute Gasteiger partial charge is 0.875 e. The van der Waals surface area contributed by atoms with Crippen LogP contribution in [0.4, 0.5) is 0 Å². The van der Waals surface area contributed by atoms with Gasteiger partial charge in [0, 0.05) is 6.42 Å². The summed E-state index contributed by atoms with van der Waals surface area (Å²) in [6, 6.07) is 0. The van der Waals surface area contributed by atoms with Crippen LogP contribution in [0.3, 0.4) is 0 Å². The van der Waals surface area contributed by atoms with Crippen molar-refractivity contribution in [3.05, 3.63) is 11.8 Å². The van der Waals surface area contributed by atoms with Crippen molar-refractivity contribution in [3.8, 4) is 0 Å². The summed E-state index contributed by atoms with van der Waals surface area (Å²) in [6.07, 6.45) is 1.25. The second-order valence-electron chi connectivity index (χ2n) is 2.93. The van der Waals surface area contributed by atoms with Crippen LogP contribution >= 0.6 is 0 Å². The van der Waals surface area contributed by atoms with Gasteiger partial charge in [0.15, 0.2) is 5.78 Å². The summed E-state index contributed by atoms with van der Waals surface area (Å²) < 4.78 is 4.72. The molecule has 4 nitrogen and oxygen atoms in total. The van der Waals surface area contributed by atoms with Crippen molar-refractivity contribution in [2.45, 2.75) is 19.8 Å². The SMILES string of the molecule is CCOC(=O)C1CC(=O)C=C([O-])C1.[Na+]. The van der Waals surface area contributed by atoms with Crippen LogP contribution in [-0.4, -0.2) is 18.4 Å². The van der Waals surface area contributed by atoms with E-state index in [0.717, 1.165) is 6.08 Å². The molecule has 5 heteroatoms. The normalized spacial score (nSPS) is 20.8. The molecule has 0 aromatic carbocycles. The van der Waals surface area contributed by atoms with Crippen LogP contribution in [-0.2, 0) is 14.3 Å². The largest absolute Gasteiger partial charge is 1.00 e. The molecule has 1 aliphatic carbocycles. The third-order valence-corrected chi connectivity index (χ3v) is 1.84. The second kappa shape index (κ2) is 6.22. The molecule has 0 aromatic heterocycles. The minimum atomic E-state index is -0.565. The van der Waals surface area contributed by atoms with Gasteiger partial charge in [0.05, 0.1) is 12.5 Å². The molecule has 0 fully saturated rings. The second-order valence-corrected chi connectivity index (χ2v) is 2.93. The fraction of sp³-hybridized carbons (Fsp3) is 0.556. The Bertz CT molecular complexity index is 260. The minimum absolute atomic E-state index is 0. The molecular weight excluding hydrogens is 195 g/mol. The third-order valence-electron chi connectivity index (χ3n) is 1.84. The van der Waals surface area contributed by atoms with Gasteiger partial charge in [-0.3, -0.25) is 9.59 Å². The van der Waals surface area contributed by atoms with Crippen LogP contribution in [0.1, 0.15) is 19.8 Å². The van der Waals surface area contributed by atoms with Crippen molar-refractivity contribution < 1.29 is 49.0 Å². The van der Waals surface area contributed by atoms with E-state index < -0.39 is 11.9 Å². The molecule has 0 bridgehead atoms. The maximum absolute atomic E-state index is 11.1. The van der Waals surface area contributed by atoms with Gasteiger partial charge in [-0.1, -0.05) is 0 Å². The van der Waals surface area contributed by atoms with Gasteiger partial charge < -0.3 is 9.84 Å². The molecule has 0 radical (unpaired) electrons. The number of carbonyl (C=O) groups excluding carboxylic acids is 2. The van der Waals surface area contributed by atoms with Crippen LogP contribution in [0.15, 0.2) is 11.8 Å². The van der Waals surface area contributed by atoms with E-state index in [2.05, 4.69) is 0 Å². The van der Waals surface area contributed by atoms with Crippen molar-refractivity contribution in [2.24, 2.45) is 5.92 Å². The Morgan fingerprint density at radius 3 is 2.79 bits per heavy atom. The molecular formula is C9H11NaO4. The van der Waals surface area contributed by atoms with Crippen molar-refractivity contribution in [1.29, 1.82) is 0 Å². The fourth-order valence-corrected chi connectivity index (χ4v) is 1.28. The molecule has 0 aliphatic heterocycles. The first-order chi connectivity index (χ1) is 6.13. The van der Waals surface area contributed by atoms with E-state index in [1.54, 1.807) is 6.92 Å². The minimum Gasteiger partial charge on any atom is -0.875 e. The molecule has 0 saturated carbocycles. The molecule has 0 spiro atoms. The molecule has 14 heavy (non-hydrogen) atoms. The summed E-state index contributed by atoms with van der Waals surface area (Å²) in [5.74, 6) is -1.58. The van der Waals surface area contributed by atoms with Gasteiger partial charge in [-0.2, -0.15) is 0 Å². The first-order valence-corrected chi connectivity index (χ1v) is 4.20. The third kappa shape index (κ3) is 3.82. The van der Waals surface area contributed by atoms with Crippen molar-refractivity contribution in [1.82, 2.24) is 0 Å². The molecule has 72 valence electrons. The Hall–Kier alpha value is -0.320. The van der Waals surface area contributed by atoms with Crippen LogP contribution in [0.5, 0.6) is 0 Å². The zero-order valence-electron chi connectivity index (χ0n) is 8.41. The van der Waals surface area contributed by atoms with Gasteiger partial charge >= 0.3 is 35.5 Å². The molecule has 1 atom stereocenters. The summed E-state index contributed by atoms with van der Waals surface area (Å²) in [6.45, 7) is 1.97. The monoisotopic (exact) mass is 206 g/mol. The van der Waals surface area contributed by atoms with E-state index in [4.69, 9.17) is 4.74 Å². The number of hydrogen-bond donors (Lipinski definition) is 0. The van der Waals surface area contributed by atoms with E-state index in [9.17, 15) is 14.7 Å². The van der Waals surface area contributed by atoms with E-state index in [0.29, 0.717) is 0 Å². The first kappa shape index (κ1) is 13.7. The summed E-state index contributed by atoms with van der Waals surface area (Å²) in [5.41, 5.74) is 0. The maximum atomic E-state index is 11.1. The average Bonchev–Trinajstić information content (AvgIpc) is 2.03. The van der Waals surface area contributed by atoms with Crippen LogP contribution in [0.2, 0.25) is 0 Å². The number of ketones is 1. The Labute approximate surface area is 105 Å². The Morgan fingerprint density at radius 2 is 2.29 bits per heavy atom. The zero-order valence-corrected chi connectivity index (χ0v) is 10.4. The van der Waals surface area contributed by atoms with E-state index >= 15 is 0 Å². The van der Waals surface area contributed by atoms with Gasteiger partial charge in [-0.15, -0.1) is 5.76 Å². The molecule has 0 N–H and O–H groups in total. The number of allylic oxidation sites excluding steroid dienone is 2. The fourth-order valence-electron chi connectivity index (χ4n) is 1.28. The molecule has 1 rings (SSSR count). The Balaban J connectivity index is 0.00000169. The summed E-state index contributed by atoms with van der Waals surface area (Å²) in [5, 5.41) is 10.9. The van der Waals surface area contributed by atoms with E-state index in [1.807, 2.05) is 0 Å². The summed E-state index contributed by atoms with van der Waals surface area (Å²) in [7, 11) is 0. The topological polar surface area (TPSA) is 66.4 Å². The zero-order chi connectivity index (χ0) is 9.84. The number of ether oxygens (including phenoxy) is 1. The van der Waals surface area contributed by atoms with Crippen molar-refractivity contribution in [3.63, 3.8) is 0 Å². The Morgan fingerprint density at radius 1 is 1.64 bits per heavy atom. The van der Waals surface area contributed by atoms with E-state index in [-0.39, 0.29) is 60.5 Å². The Kier molecular flexibility index (Phi) is 6.08. The van der Waals surface area contributed by atoms with Gasteiger partial charge in [-0.25, -0.2) is 0 Å². The number of rotatable bonds is 2. The van der Waals surface area contributed by atoms with E-state index in [1.165, 1.54) is 0 Å². The predicted molar refractivity (Wildman–Crippen MR) is 42.4 cm³/mol. The molecule has 0 amide bonds. The van der Waals surface area contributed by atoms with Crippen molar-refractivity contribution >= 4 is 11.8 Å². The van der Waals surface area contributed by atoms with Gasteiger partial charge in [-0.05, 0) is 19.4 Å². The number of esters is 1. The maximum Gasteiger partial charge on any atom is 1.00 e. The summed E-state index contributed by atoms with van der Waals surface area (Å²) >= 11 is 0. The van der Waals surface area contributed by atoms with Crippen LogP contribution in [0, 0.1) is 5.92 Å².